The molecule has 4 unspecified atom stereocenters. The molecule has 3 rings (SSSR count). The summed E-state index contributed by atoms with van der Waals surface area (Å²) in [6.07, 6.45) is 18.2. The lowest BCUT2D eigenvalue weighted by molar-refractivity contribution is -0.112. The molecule has 3 aliphatic carbocycles. The molecule has 3 fully saturated rings. The summed E-state index contributed by atoms with van der Waals surface area (Å²) in [5.41, 5.74) is 0. The Morgan fingerprint density at radius 1 is 0.762 bits per heavy atom. The van der Waals surface area contributed by atoms with E-state index in [0.29, 0.717) is 5.92 Å². The molecule has 0 radical (unpaired) electrons. The maximum absolute atomic E-state index is 10.9. The van der Waals surface area contributed by atoms with Crippen molar-refractivity contribution < 1.29 is 4.79 Å². The predicted molar refractivity (Wildman–Crippen MR) is 88.1 cm³/mol. The lowest BCUT2D eigenvalue weighted by Crippen LogP contribution is -2.34. The van der Waals surface area contributed by atoms with Crippen LogP contribution < -0.4 is 0 Å². The fraction of sp³-hybridized carbons (Fsp3) is 0.950. The molecule has 120 valence electrons. The highest BCUT2D eigenvalue weighted by Crippen LogP contribution is 2.49. The standard InChI is InChI=1S/C20H34O/c1-2-3-15-4-9-20-13-19(11-10-18(20)12-15)17-7-5-16(14-21)6-8-17/h14-20H,2-13H2,1H3. The molecule has 21 heavy (non-hydrogen) atoms. The lowest BCUT2D eigenvalue weighted by Gasteiger charge is -2.45. The van der Waals surface area contributed by atoms with E-state index in [9.17, 15) is 4.79 Å². The fourth-order valence-electron chi connectivity index (χ4n) is 5.87. The minimum absolute atomic E-state index is 0.391. The molecule has 3 saturated carbocycles. The topological polar surface area (TPSA) is 17.1 Å². The van der Waals surface area contributed by atoms with Gasteiger partial charge in [-0.2, -0.15) is 0 Å². The van der Waals surface area contributed by atoms with Crippen molar-refractivity contribution in [1.82, 2.24) is 0 Å². The third-order valence-corrected chi connectivity index (χ3v) is 7.13. The van der Waals surface area contributed by atoms with E-state index >= 15 is 0 Å². The predicted octanol–water partition coefficient (Wildman–Crippen LogP) is 5.62. The minimum atomic E-state index is 0.391. The number of hydrogen-bond donors (Lipinski definition) is 0. The molecule has 1 nitrogen and oxygen atoms in total. The smallest absolute Gasteiger partial charge is 0.123 e. The molecule has 0 N–H and O–H groups in total. The van der Waals surface area contributed by atoms with Crippen LogP contribution in [0.1, 0.15) is 84.0 Å². The van der Waals surface area contributed by atoms with Crippen molar-refractivity contribution in [3.63, 3.8) is 0 Å². The lowest BCUT2D eigenvalue weighted by atomic mass is 9.60. The van der Waals surface area contributed by atoms with Gasteiger partial charge in [0, 0.05) is 5.92 Å². The van der Waals surface area contributed by atoms with Gasteiger partial charge in [-0.05, 0) is 87.4 Å². The second-order valence-electron chi connectivity index (χ2n) is 8.37. The summed E-state index contributed by atoms with van der Waals surface area (Å²) in [6, 6.07) is 0. The third kappa shape index (κ3) is 3.71. The molecule has 0 heterocycles. The monoisotopic (exact) mass is 290 g/mol. The Balaban J connectivity index is 1.48. The quantitative estimate of drug-likeness (QED) is 0.614. The van der Waals surface area contributed by atoms with Gasteiger partial charge in [0.1, 0.15) is 6.29 Å². The first-order chi connectivity index (χ1) is 10.3. The normalized spacial score (nSPS) is 44.0. The van der Waals surface area contributed by atoms with Crippen molar-refractivity contribution in [2.45, 2.75) is 84.0 Å². The van der Waals surface area contributed by atoms with Crippen LogP contribution in [0.15, 0.2) is 0 Å². The molecule has 0 saturated heterocycles. The number of carbonyl (C=O) groups excluding carboxylic acids is 1. The van der Waals surface area contributed by atoms with Gasteiger partial charge in [-0.25, -0.2) is 0 Å². The first kappa shape index (κ1) is 15.6. The molecular formula is C20H34O. The van der Waals surface area contributed by atoms with Crippen LogP contribution in [0.25, 0.3) is 0 Å². The molecule has 0 aromatic rings. The molecule has 0 aromatic heterocycles. The van der Waals surface area contributed by atoms with E-state index < -0.39 is 0 Å². The molecular weight excluding hydrogens is 256 g/mol. The van der Waals surface area contributed by atoms with Gasteiger partial charge in [-0.3, -0.25) is 0 Å². The summed E-state index contributed by atoms with van der Waals surface area (Å²) < 4.78 is 0. The van der Waals surface area contributed by atoms with Gasteiger partial charge in [0.25, 0.3) is 0 Å². The highest BCUT2D eigenvalue weighted by atomic mass is 16.1. The van der Waals surface area contributed by atoms with E-state index in [1.165, 1.54) is 76.9 Å². The molecule has 0 aromatic carbocycles. The van der Waals surface area contributed by atoms with Crippen molar-refractivity contribution in [3.05, 3.63) is 0 Å². The van der Waals surface area contributed by atoms with Crippen LogP contribution in [0.4, 0.5) is 0 Å². The second-order valence-corrected chi connectivity index (χ2v) is 8.37. The van der Waals surface area contributed by atoms with Crippen LogP contribution in [-0.4, -0.2) is 6.29 Å². The molecule has 0 bridgehead atoms. The maximum atomic E-state index is 10.9. The van der Waals surface area contributed by atoms with Gasteiger partial charge in [0.15, 0.2) is 0 Å². The molecule has 4 atom stereocenters. The molecule has 1 heteroatoms. The van der Waals surface area contributed by atoms with E-state index in [0.717, 1.165) is 29.6 Å². The van der Waals surface area contributed by atoms with Crippen LogP contribution in [-0.2, 0) is 4.79 Å². The number of aldehydes is 1. The maximum Gasteiger partial charge on any atom is 0.123 e. The Morgan fingerprint density at radius 2 is 1.33 bits per heavy atom. The number of carbonyl (C=O) groups is 1. The summed E-state index contributed by atoms with van der Waals surface area (Å²) in [5, 5.41) is 0. The van der Waals surface area contributed by atoms with Gasteiger partial charge in [-0.15, -0.1) is 0 Å². The molecule has 0 spiro atoms. The SMILES string of the molecule is CCCC1CCC2CC(C3CCC(C=O)CC3)CCC2C1. The molecule has 0 amide bonds. The highest BCUT2D eigenvalue weighted by molar-refractivity contribution is 5.53. The summed E-state index contributed by atoms with van der Waals surface area (Å²) in [6.45, 7) is 2.35. The van der Waals surface area contributed by atoms with E-state index in [-0.39, 0.29) is 0 Å². The van der Waals surface area contributed by atoms with E-state index in [1.807, 2.05) is 0 Å². The largest absolute Gasteiger partial charge is 0.303 e. The highest BCUT2D eigenvalue weighted by Gasteiger charge is 2.38. The first-order valence-electron chi connectivity index (χ1n) is 9.75. The first-order valence-corrected chi connectivity index (χ1v) is 9.75. The number of hydrogen-bond acceptors (Lipinski definition) is 1. The average Bonchev–Trinajstić information content (AvgIpc) is 2.55. The zero-order valence-electron chi connectivity index (χ0n) is 13.9. The Labute approximate surface area is 131 Å². The van der Waals surface area contributed by atoms with Gasteiger partial charge in [-0.1, -0.05) is 26.2 Å². The van der Waals surface area contributed by atoms with Crippen LogP contribution in [0, 0.1) is 35.5 Å². The molecule has 0 aliphatic heterocycles. The van der Waals surface area contributed by atoms with Crippen LogP contribution in [0.5, 0.6) is 0 Å². The van der Waals surface area contributed by atoms with Gasteiger partial charge in [0.05, 0.1) is 0 Å². The summed E-state index contributed by atoms with van der Waals surface area (Å²) in [4.78, 5) is 10.9. The van der Waals surface area contributed by atoms with Crippen LogP contribution in [0.3, 0.4) is 0 Å². The summed E-state index contributed by atoms with van der Waals surface area (Å²) in [7, 11) is 0. The van der Waals surface area contributed by atoms with Gasteiger partial charge in [0.2, 0.25) is 0 Å². The van der Waals surface area contributed by atoms with Crippen molar-refractivity contribution in [1.29, 1.82) is 0 Å². The zero-order valence-corrected chi connectivity index (χ0v) is 13.9. The van der Waals surface area contributed by atoms with E-state index in [1.54, 1.807) is 6.42 Å². The number of rotatable bonds is 4. The summed E-state index contributed by atoms with van der Waals surface area (Å²) in [5.74, 6) is 5.52. The average molecular weight is 290 g/mol. The van der Waals surface area contributed by atoms with Crippen molar-refractivity contribution in [2.24, 2.45) is 35.5 Å². The van der Waals surface area contributed by atoms with Crippen LogP contribution in [0.2, 0.25) is 0 Å². The van der Waals surface area contributed by atoms with Crippen molar-refractivity contribution >= 4 is 6.29 Å². The van der Waals surface area contributed by atoms with Crippen molar-refractivity contribution in [3.8, 4) is 0 Å². The second kappa shape index (κ2) is 7.29. The van der Waals surface area contributed by atoms with Gasteiger partial charge < -0.3 is 4.79 Å². The minimum Gasteiger partial charge on any atom is -0.303 e. The van der Waals surface area contributed by atoms with E-state index in [2.05, 4.69) is 6.92 Å². The Morgan fingerprint density at radius 3 is 2.00 bits per heavy atom. The third-order valence-electron chi connectivity index (χ3n) is 7.13. The Bertz CT molecular complexity index is 329. The fourth-order valence-corrected chi connectivity index (χ4v) is 5.87. The van der Waals surface area contributed by atoms with Crippen molar-refractivity contribution in [2.75, 3.05) is 0 Å². The summed E-state index contributed by atoms with van der Waals surface area (Å²) >= 11 is 0. The van der Waals surface area contributed by atoms with Gasteiger partial charge >= 0.3 is 0 Å². The zero-order chi connectivity index (χ0) is 14.7. The Hall–Kier alpha value is -0.330. The molecule has 3 aliphatic rings. The Kier molecular flexibility index (Phi) is 5.40. The number of fused-ring (bicyclic) bond motifs is 1. The van der Waals surface area contributed by atoms with E-state index in [4.69, 9.17) is 0 Å². The van der Waals surface area contributed by atoms with Crippen LogP contribution >= 0.6 is 0 Å².